The third kappa shape index (κ3) is 4.35. The van der Waals surface area contributed by atoms with Gasteiger partial charge in [-0.2, -0.15) is 13.2 Å². The van der Waals surface area contributed by atoms with E-state index in [2.05, 4.69) is 5.32 Å². The van der Waals surface area contributed by atoms with Crippen LogP contribution >= 0.6 is 0 Å². The fourth-order valence-electron chi connectivity index (χ4n) is 3.36. The van der Waals surface area contributed by atoms with Crippen molar-refractivity contribution in [3.63, 3.8) is 0 Å². The van der Waals surface area contributed by atoms with Gasteiger partial charge < -0.3 is 10.2 Å². The number of hydrogen-bond donors (Lipinski definition) is 1. The molecule has 1 atom stereocenters. The van der Waals surface area contributed by atoms with Crippen molar-refractivity contribution in [1.82, 2.24) is 9.80 Å². The maximum absolute atomic E-state index is 13.1. The minimum atomic E-state index is -4.28. The molecule has 0 aromatic heterocycles. The van der Waals surface area contributed by atoms with Crippen molar-refractivity contribution < 1.29 is 22.8 Å². The molecule has 0 radical (unpaired) electrons. The van der Waals surface area contributed by atoms with Crippen molar-refractivity contribution in [1.29, 1.82) is 0 Å². The van der Waals surface area contributed by atoms with E-state index < -0.39 is 23.5 Å². The van der Waals surface area contributed by atoms with Crippen LogP contribution < -0.4 is 5.32 Å². The van der Waals surface area contributed by atoms with Crippen molar-refractivity contribution in [2.45, 2.75) is 32.0 Å². The summed E-state index contributed by atoms with van der Waals surface area (Å²) in [5.74, 6) is -2.06. The lowest BCUT2D eigenvalue weighted by Gasteiger charge is -2.36. The van der Waals surface area contributed by atoms with E-state index in [1.165, 1.54) is 18.7 Å². The standard InChI is InChI=1S/C18H24F3N3O2/c1-17(2)14(18(19,20)21)8-9-24(17)11-15(25)22-13-7-5-6-12(10-13)16(26)23(3)4/h5-7,10,14H,8-9,11H2,1-4H3,(H,22,25)/t14-/m0/s1. The normalized spacial score (nSPS) is 20.0. The highest BCUT2D eigenvalue weighted by Crippen LogP contribution is 2.44. The molecule has 0 spiro atoms. The molecule has 5 nitrogen and oxygen atoms in total. The molecule has 1 aromatic rings. The van der Waals surface area contributed by atoms with Gasteiger partial charge in [0.1, 0.15) is 0 Å². The zero-order valence-corrected chi connectivity index (χ0v) is 15.4. The van der Waals surface area contributed by atoms with Crippen LogP contribution in [0.4, 0.5) is 18.9 Å². The molecule has 26 heavy (non-hydrogen) atoms. The smallest absolute Gasteiger partial charge is 0.345 e. The number of halogens is 3. The number of carbonyl (C=O) groups excluding carboxylic acids is 2. The molecule has 2 amide bonds. The van der Waals surface area contributed by atoms with Gasteiger partial charge in [-0.15, -0.1) is 0 Å². The number of alkyl halides is 3. The molecule has 1 N–H and O–H groups in total. The first-order valence-corrected chi connectivity index (χ1v) is 8.36. The topological polar surface area (TPSA) is 52.7 Å². The van der Waals surface area contributed by atoms with Gasteiger partial charge in [-0.25, -0.2) is 0 Å². The largest absolute Gasteiger partial charge is 0.393 e. The summed E-state index contributed by atoms with van der Waals surface area (Å²) in [5.41, 5.74) is -0.281. The Labute approximate surface area is 151 Å². The maximum Gasteiger partial charge on any atom is 0.393 e. The van der Waals surface area contributed by atoms with Gasteiger partial charge in [0.25, 0.3) is 5.91 Å². The number of hydrogen-bond acceptors (Lipinski definition) is 3. The van der Waals surface area contributed by atoms with Gasteiger partial charge in [0, 0.05) is 30.9 Å². The minimum absolute atomic E-state index is 0.0173. The molecule has 0 aliphatic carbocycles. The van der Waals surface area contributed by atoms with Crippen molar-refractivity contribution in [3.8, 4) is 0 Å². The predicted octanol–water partition coefficient (Wildman–Crippen LogP) is 2.99. The number of nitrogens with zero attached hydrogens (tertiary/aromatic N) is 2. The first-order valence-electron chi connectivity index (χ1n) is 8.36. The summed E-state index contributed by atoms with van der Waals surface area (Å²) in [6.07, 6.45) is -4.30. The molecule has 1 heterocycles. The Morgan fingerprint density at radius 1 is 1.31 bits per heavy atom. The lowest BCUT2D eigenvalue weighted by molar-refractivity contribution is -0.191. The van der Waals surface area contributed by atoms with Gasteiger partial charge in [0.15, 0.2) is 0 Å². The van der Waals surface area contributed by atoms with E-state index in [1.807, 2.05) is 0 Å². The highest BCUT2D eigenvalue weighted by molar-refractivity contribution is 5.97. The van der Waals surface area contributed by atoms with Crippen LogP contribution in [-0.4, -0.2) is 60.5 Å². The zero-order chi connectivity index (χ0) is 19.7. The van der Waals surface area contributed by atoms with Crippen molar-refractivity contribution in [2.24, 2.45) is 5.92 Å². The summed E-state index contributed by atoms with van der Waals surface area (Å²) in [6, 6.07) is 6.47. The van der Waals surface area contributed by atoms with Gasteiger partial charge >= 0.3 is 6.18 Å². The first-order chi connectivity index (χ1) is 11.9. The summed E-state index contributed by atoms with van der Waals surface area (Å²) in [6.45, 7) is 3.11. The second-order valence-electron chi connectivity index (χ2n) is 7.29. The summed E-state index contributed by atoms with van der Waals surface area (Å²) < 4.78 is 39.4. The van der Waals surface area contributed by atoms with E-state index in [1.54, 1.807) is 43.3 Å². The van der Waals surface area contributed by atoms with Gasteiger partial charge in [-0.1, -0.05) is 6.07 Å². The van der Waals surface area contributed by atoms with E-state index in [4.69, 9.17) is 0 Å². The third-order valence-electron chi connectivity index (χ3n) is 4.88. The number of likely N-dealkylation sites (tertiary alicyclic amines) is 1. The van der Waals surface area contributed by atoms with Crippen LogP contribution in [0.2, 0.25) is 0 Å². The highest BCUT2D eigenvalue weighted by Gasteiger charge is 2.54. The Morgan fingerprint density at radius 3 is 2.50 bits per heavy atom. The predicted molar refractivity (Wildman–Crippen MR) is 92.9 cm³/mol. The second kappa shape index (κ2) is 7.26. The molecule has 0 saturated carbocycles. The van der Waals surface area contributed by atoms with Crippen LogP contribution in [0, 0.1) is 5.92 Å². The van der Waals surface area contributed by atoms with E-state index in [9.17, 15) is 22.8 Å². The van der Waals surface area contributed by atoms with Crippen LogP contribution in [0.1, 0.15) is 30.6 Å². The number of anilines is 1. The third-order valence-corrected chi connectivity index (χ3v) is 4.88. The fourth-order valence-corrected chi connectivity index (χ4v) is 3.36. The second-order valence-corrected chi connectivity index (χ2v) is 7.29. The Kier molecular flexibility index (Phi) is 5.65. The molecule has 0 bridgehead atoms. The molecule has 1 aromatic carbocycles. The molecule has 1 aliphatic heterocycles. The number of benzene rings is 1. The van der Waals surface area contributed by atoms with E-state index in [0.29, 0.717) is 11.3 Å². The molecule has 144 valence electrons. The minimum Gasteiger partial charge on any atom is -0.345 e. The van der Waals surface area contributed by atoms with Crippen LogP contribution in [0.25, 0.3) is 0 Å². The Bertz CT molecular complexity index is 687. The Balaban J connectivity index is 2.04. The van der Waals surface area contributed by atoms with Crippen molar-refractivity contribution in [3.05, 3.63) is 29.8 Å². The van der Waals surface area contributed by atoms with Crippen LogP contribution in [0.15, 0.2) is 24.3 Å². The quantitative estimate of drug-likeness (QED) is 0.885. The number of carbonyl (C=O) groups is 2. The Hall–Kier alpha value is -2.09. The van der Waals surface area contributed by atoms with Gasteiger partial charge in [-0.05, 0) is 45.0 Å². The zero-order valence-electron chi connectivity index (χ0n) is 15.4. The first kappa shape index (κ1) is 20.2. The molecule has 8 heteroatoms. The highest BCUT2D eigenvalue weighted by atomic mass is 19.4. The van der Waals surface area contributed by atoms with E-state index in [-0.39, 0.29) is 25.4 Å². The fraction of sp³-hybridized carbons (Fsp3) is 0.556. The van der Waals surface area contributed by atoms with E-state index in [0.717, 1.165) is 0 Å². The van der Waals surface area contributed by atoms with Crippen LogP contribution in [0.5, 0.6) is 0 Å². The Morgan fingerprint density at radius 2 is 1.96 bits per heavy atom. The van der Waals surface area contributed by atoms with Crippen LogP contribution in [0.3, 0.4) is 0 Å². The van der Waals surface area contributed by atoms with Gasteiger partial charge in [0.2, 0.25) is 5.91 Å². The van der Waals surface area contributed by atoms with E-state index >= 15 is 0 Å². The monoisotopic (exact) mass is 371 g/mol. The molecule has 0 unspecified atom stereocenters. The van der Waals surface area contributed by atoms with Gasteiger partial charge in [-0.3, -0.25) is 14.5 Å². The average molecular weight is 371 g/mol. The molecule has 1 saturated heterocycles. The lowest BCUT2D eigenvalue weighted by atomic mass is 9.88. The molecule has 1 aliphatic rings. The SMILES string of the molecule is CN(C)C(=O)c1cccc(NC(=O)CN2CC[C@H](C(F)(F)F)C2(C)C)c1. The molecule has 2 rings (SSSR count). The van der Waals surface area contributed by atoms with Crippen LogP contribution in [-0.2, 0) is 4.79 Å². The summed E-state index contributed by atoms with van der Waals surface area (Å²) in [7, 11) is 3.25. The van der Waals surface area contributed by atoms with Crippen molar-refractivity contribution in [2.75, 3.05) is 32.5 Å². The maximum atomic E-state index is 13.1. The number of rotatable bonds is 4. The summed E-state index contributed by atoms with van der Waals surface area (Å²) in [5, 5.41) is 2.66. The molecular weight excluding hydrogens is 347 g/mol. The number of amides is 2. The summed E-state index contributed by atoms with van der Waals surface area (Å²) in [4.78, 5) is 27.2. The molecule has 1 fully saturated rings. The van der Waals surface area contributed by atoms with Gasteiger partial charge in [0.05, 0.1) is 12.5 Å². The number of nitrogens with one attached hydrogen (secondary N) is 1. The van der Waals surface area contributed by atoms with Crippen molar-refractivity contribution >= 4 is 17.5 Å². The summed E-state index contributed by atoms with van der Waals surface area (Å²) >= 11 is 0. The lowest BCUT2D eigenvalue weighted by Crippen LogP contribution is -2.49. The average Bonchev–Trinajstić information content (AvgIpc) is 2.81. The molecular formula is C18H24F3N3O2.